The first-order valence-corrected chi connectivity index (χ1v) is 15.9. The smallest absolute Gasteiger partial charge is 0.244 e. The first-order chi connectivity index (χ1) is 12.2. The fraction of sp³-hybridized carbons (Fsp3) is 0.550. The lowest BCUT2D eigenvalue weighted by atomic mass is 10.2. The van der Waals surface area contributed by atoms with Crippen LogP contribution in [0.15, 0.2) is 35.7 Å². The van der Waals surface area contributed by atoms with Gasteiger partial charge in [-0.15, -0.1) is 0 Å². The van der Waals surface area contributed by atoms with Gasteiger partial charge in [0, 0.05) is 16.8 Å². The number of hydrogen-bond donors (Lipinski definition) is 0. The second-order valence-corrected chi connectivity index (χ2v) is 18.7. The van der Waals surface area contributed by atoms with Crippen LogP contribution in [0.3, 0.4) is 0 Å². The van der Waals surface area contributed by atoms with E-state index < -0.39 is 16.6 Å². The van der Waals surface area contributed by atoms with Crippen molar-refractivity contribution in [1.29, 1.82) is 0 Å². The number of halogens is 1. The lowest BCUT2D eigenvalue weighted by molar-refractivity contribution is 0.203. The second-order valence-electron chi connectivity index (χ2n) is 9.01. The average Bonchev–Trinajstić information content (AvgIpc) is 2.48. The van der Waals surface area contributed by atoms with E-state index >= 15 is 0 Å². The van der Waals surface area contributed by atoms with Gasteiger partial charge in [-0.05, 0) is 62.6 Å². The molecule has 0 heterocycles. The molecule has 1 rings (SSSR count). The first-order valence-electron chi connectivity index (χ1n) is 9.19. The van der Waals surface area contributed by atoms with E-state index in [9.17, 15) is 0 Å². The van der Waals surface area contributed by atoms with Gasteiger partial charge < -0.3 is 13.6 Å². The van der Waals surface area contributed by atoms with Crippen molar-refractivity contribution in [3.63, 3.8) is 0 Å². The van der Waals surface area contributed by atoms with Crippen molar-refractivity contribution < 1.29 is 13.6 Å². The van der Waals surface area contributed by atoms with E-state index in [0.29, 0.717) is 29.9 Å². The van der Waals surface area contributed by atoms with E-state index in [0.717, 1.165) is 5.56 Å². The summed E-state index contributed by atoms with van der Waals surface area (Å²) in [6.07, 6.45) is 1.68. The van der Waals surface area contributed by atoms with Crippen molar-refractivity contribution in [2.75, 3.05) is 13.2 Å². The molecular formula is C20H34ClNO3Si2. The van der Waals surface area contributed by atoms with Crippen molar-refractivity contribution in [2.45, 2.75) is 58.5 Å². The Morgan fingerprint density at radius 1 is 1.15 bits per heavy atom. The molecular weight excluding hydrogens is 394 g/mol. The molecule has 0 amide bonds. The molecule has 0 saturated carbocycles. The summed E-state index contributed by atoms with van der Waals surface area (Å²) in [5, 5.41) is 0.806. The van der Waals surface area contributed by atoms with Crippen LogP contribution in [0.1, 0.15) is 26.3 Å². The SMILES string of the molecule is C=C(N=Cc1cc(Cl)ccc1OCCO[Si](C)(C)C(C)(C)C)O[Si](C)(C)C. The third kappa shape index (κ3) is 8.64. The molecule has 0 aliphatic heterocycles. The number of rotatable bonds is 9. The van der Waals surface area contributed by atoms with Crippen molar-refractivity contribution in [3.05, 3.63) is 41.2 Å². The van der Waals surface area contributed by atoms with Gasteiger partial charge in [0.1, 0.15) is 12.4 Å². The van der Waals surface area contributed by atoms with Crippen LogP contribution in [0.25, 0.3) is 0 Å². The maximum Gasteiger partial charge on any atom is 0.244 e. The van der Waals surface area contributed by atoms with Gasteiger partial charge in [-0.3, -0.25) is 0 Å². The molecule has 0 aromatic heterocycles. The van der Waals surface area contributed by atoms with Gasteiger partial charge in [0.25, 0.3) is 0 Å². The van der Waals surface area contributed by atoms with Crippen molar-refractivity contribution in [3.8, 4) is 5.75 Å². The largest absolute Gasteiger partial charge is 0.532 e. The Morgan fingerprint density at radius 2 is 1.78 bits per heavy atom. The molecule has 0 unspecified atom stereocenters. The van der Waals surface area contributed by atoms with Crippen LogP contribution < -0.4 is 4.74 Å². The molecule has 7 heteroatoms. The topological polar surface area (TPSA) is 40.0 Å². The zero-order valence-electron chi connectivity index (χ0n) is 18.0. The van der Waals surface area contributed by atoms with Gasteiger partial charge in [-0.2, -0.15) is 0 Å². The quantitative estimate of drug-likeness (QED) is 0.196. The van der Waals surface area contributed by atoms with E-state index in [1.54, 1.807) is 12.3 Å². The predicted molar refractivity (Wildman–Crippen MR) is 121 cm³/mol. The monoisotopic (exact) mass is 427 g/mol. The zero-order valence-corrected chi connectivity index (χ0v) is 20.7. The van der Waals surface area contributed by atoms with Gasteiger partial charge in [-0.25, -0.2) is 4.99 Å². The van der Waals surface area contributed by atoms with E-state index in [-0.39, 0.29) is 5.04 Å². The molecule has 0 spiro atoms. The molecule has 0 aliphatic rings. The highest BCUT2D eigenvalue weighted by Crippen LogP contribution is 2.36. The molecule has 0 N–H and O–H groups in total. The predicted octanol–water partition coefficient (Wildman–Crippen LogP) is 6.48. The Balaban J connectivity index is 2.73. The summed E-state index contributed by atoms with van der Waals surface area (Å²) >= 11 is 6.13. The van der Waals surface area contributed by atoms with Crippen LogP contribution in [-0.2, 0) is 8.85 Å². The molecule has 0 bridgehead atoms. The molecule has 0 aliphatic carbocycles. The van der Waals surface area contributed by atoms with Gasteiger partial charge in [0.2, 0.25) is 8.32 Å². The lowest BCUT2D eigenvalue weighted by Gasteiger charge is -2.36. The normalized spacial score (nSPS) is 13.1. The third-order valence-electron chi connectivity index (χ3n) is 4.35. The Labute approximate surface area is 171 Å². The molecule has 1 aromatic rings. The fourth-order valence-corrected chi connectivity index (χ4v) is 3.90. The number of nitrogens with zero attached hydrogens (tertiary/aromatic N) is 1. The van der Waals surface area contributed by atoms with Crippen LogP contribution in [0, 0.1) is 0 Å². The lowest BCUT2D eigenvalue weighted by Crippen LogP contribution is -2.41. The Morgan fingerprint density at radius 3 is 2.33 bits per heavy atom. The third-order valence-corrected chi connectivity index (χ3v) is 9.97. The highest BCUT2D eigenvalue weighted by Gasteiger charge is 2.36. The van der Waals surface area contributed by atoms with Crippen LogP contribution in [-0.4, -0.2) is 36.1 Å². The minimum absolute atomic E-state index is 0.182. The summed E-state index contributed by atoms with van der Waals surface area (Å²) in [5.74, 6) is 1.11. The van der Waals surface area contributed by atoms with Gasteiger partial charge >= 0.3 is 0 Å². The van der Waals surface area contributed by atoms with Crippen LogP contribution in [0.2, 0.25) is 42.8 Å². The highest BCUT2D eigenvalue weighted by molar-refractivity contribution is 6.74. The molecule has 4 nitrogen and oxygen atoms in total. The van der Waals surface area contributed by atoms with Crippen molar-refractivity contribution >= 4 is 34.5 Å². The Bertz CT molecular complexity index is 677. The van der Waals surface area contributed by atoms with E-state index in [4.69, 9.17) is 25.2 Å². The number of aliphatic imine (C=N–C) groups is 1. The maximum absolute atomic E-state index is 6.16. The Kier molecular flexibility index (Phi) is 8.35. The second kappa shape index (κ2) is 9.41. The summed E-state index contributed by atoms with van der Waals surface area (Å²) in [5.41, 5.74) is 0.787. The summed E-state index contributed by atoms with van der Waals surface area (Å²) in [6, 6.07) is 5.46. The van der Waals surface area contributed by atoms with Crippen molar-refractivity contribution in [2.24, 2.45) is 4.99 Å². The summed E-state index contributed by atoms with van der Waals surface area (Å²) in [7, 11) is -3.50. The minimum Gasteiger partial charge on any atom is -0.532 e. The van der Waals surface area contributed by atoms with E-state index in [1.165, 1.54) is 0 Å². The zero-order chi connectivity index (χ0) is 20.9. The van der Waals surface area contributed by atoms with Gasteiger partial charge in [0.15, 0.2) is 14.2 Å². The molecule has 27 heavy (non-hydrogen) atoms. The molecule has 1 aromatic carbocycles. The molecule has 0 saturated heterocycles. The molecule has 0 fully saturated rings. The number of hydrogen-bond acceptors (Lipinski definition) is 4. The Hall–Kier alpha value is -1.09. The van der Waals surface area contributed by atoms with Crippen molar-refractivity contribution in [1.82, 2.24) is 0 Å². The summed E-state index contributed by atoms with van der Waals surface area (Å²) in [4.78, 5) is 4.31. The summed E-state index contributed by atoms with van der Waals surface area (Å²) < 4.78 is 17.8. The summed E-state index contributed by atoms with van der Waals surface area (Å²) in [6.45, 7) is 22.3. The number of benzene rings is 1. The van der Waals surface area contributed by atoms with Gasteiger partial charge in [0.05, 0.1) is 6.61 Å². The average molecular weight is 428 g/mol. The van der Waals surface area contributed by atoms with Crippen LogP contribution in [0.4, 0.5) is 0 Å². The minimum atomic E-state index is -1.77. The highest BCUT2D eigenvalue weighted by atomic mass is 35.5. The first kappa shape index (κ1) is 24.0. The van der Waals surface area contributed by atoms with Crippen LogP contribution in [0.5, 0.6) is 5.75 Å². The molecule has 152 valence electrons. The fourth-order valence-electron chi connectivity index (χ4n) is 1.94. The molecule has 0 atom stereocenters. The van der Waals surface area contributed by atoms with Crippen LogP contribution >= 0.6 is 11.6 Å². The van der Waals surface area contributed by atoms with E-state index in [2.05, 4.69) is 65.1 Å². The standard InChI is InChI=1S/C20H34ClNO3Si2/c1-16(25-26(5,6)7)22-15-17-14-18(21)10-11-19(17)23-12-13-24-27(8,9)20(2,3)4/h10-11,14-15H,1,12-13H2,2-9H3. The number of ether oxygens (including phenoxy) is 1. The van der Waals surface area contributed by atoms with E-state index in [1.807, 2.05) is 12.1 Å². The maximum atomic E-state index is 6.16. The molecule has 0 radical (unpaired) electrons. The van der Waals surface area contributed by atoms with Gasteiger partial charge in [-0.1, -0.05) is 32.4 Å².